The van der Waals surface area contributed by atoms with E-state index < -0.39 is 11.7 Å². The van der Waals surface area contributed by atoms with Crippen LogP contribution in [0.4, 0.5) is 13.2 Å². The maximum Gasteiger partial charge on any atom is 0.416 e. The predicted octanol–water partition coefficient (Wildman–Crippen LogP) is 4.69. The number of nitrogens with one attached hydrogen (secondary N) is 1. The van der Waals surface area contributed by atoms with Crippen molar-refractivity contribution in [2.45, 2.75) is 26.1 Å². The van der Waals surface area contributed by atoms with Gasteiger partial charge in [0.1, 0.15) is 0 Å². The minimum atomic E-state index is -4.42. The molecule has 27 heavy (non-hydrogen) atoms. The van der Waals surface area contributed by atoms with Gasteiger partial charge in [-0.15, -0.1) is 0 Å². The summed E-state index contributed by atoms with van der Waals surface area (Å²) in [7, 11) is 0. The highest BCUT2D eigenvalue weighted by Crippen LogP contribution is 2.31. The first-order valence-corrected chi connectivity index (χ1v) is 8.35. The lowest BCUT2D eigenvalue weighted by Crippen LogP contribution is -2.26. The molecule has 0 bridgehead atoms. The van der Waals surface area contributed by atoms with E-state index >= 15 is 0 Å². The summed E-state index contributed by atoms with van der Waals surface area (Å²) in [6, 6.07) is 13.4. The van der Waals surface area contributed by atoms with Gasteiger partial charge in [-0.1, -0.05) is 24.3 Å². The molecule has 7 heteroatoms. The van der Waals surface area contributed by atoms with Crippen molar-refractivity contribution < 1.29 is 18.0 Å². The highest BCUT2D eigenvalue weighted by molar-refractivity contribution is 5.94. The van der Waals surface area contributed by atoms with Gasteiger partial charge < -0.3 is 5.32 Å². The number of amides is 1. The third-order valence-corrected chi connectivity index (χ3v) is 4.32. The molecule has 0 radical (unpaired) electrons. The van der Waals surface area contributed by atoms with E-state index in [1.807, 2.05) is 6.07 Å². The van der Waals surface area contributed by atoms with Crippen molar-refractivity contribution in [1.82, 2.24) is 15.1 Å². The molecule has 0 aliphatic carbocycles. The predicted molar refractivity (Wildman–Crippen MR) is 95.6 cm³/mol. The molecule has 1 N–H and O–H groups in total. The van der Waals surface area contributed by atoms with Gasteiger partial charge in [0.2, 0.25) is 0 Å². The van der Waals surface area contributed by atoms with Crippen LogP contribution in [-0.4, -0.2) is 15.7 Å². The Labute approximate surface area is 154 Å². The van der Waals surface area contributed by atoms with Crippen molar-refractivity contribution in [1.29, 1.82) is 0 Å². The van der Waals surface area contributed by atoms with Crippen molar-refractivity contribution in [3.63, 3.8) is 0 Å². The minimum absolute atomic E-state index is 0.227. The molecule has 140 valence electrons. The third-order valence-electron chi connectivity index (χ3n) is 4.32. The molecule has 1 atom stereocenters. The topological polar surface area (TPSA) is 46.9 Å². The van der Waals surface area contributed by atoms with E-state index in [9.17, 15) is 18.0 Å². The zero-order valence-electron chi connectivity index (χ0n) is 14.8. The molecule has 1 heterocycles. The second-order valence-corrected chi connectivity index (χ2v) is 6.21. The smallest absolute Gasteiger partial charge is 0.345 e. The van der Waals surface area contributed by atoms with Crippen LogP contribution in [0.1, 0.15) is 40.1 Å². The Morgan fingerprint density at radius 2 is 1.81 bits per heavy atom. The zero-order valence-corrected chi connectivity index (χ0v) is 14.8. The van der Waals surface area contributed by atoms with Gasteiger partial charge >= 0.3 is 6.18 Å². The average molecular weight is 373 g/mol. The number of aromatic nitrogens is 2. The van der Waals surface area contributed by atoms with Crippen molar-refractivity contribution in [2.75, 3.05) is 0 Å². The monoisotopic (exact) mass is 373 g/mol. The molecule has 0 saturated carbocycles. The molecule has 0 aliphatic heterocycles. The van der Waals surface area contributed by atoms with E-state index in [0.29, 0.717) is 16.9 Å². The van der Waals surface area contributed by atoms with Crippen LogP contribution in [0, 0.1) is 6.92 Å². The van der Waals surface area contributed by atoms with E-state index in [4.69, 9.17) is 0 Å². The number of rotatable bonds is 4. The van der Waals surface area contributed by atoms with Crippen LogP contribution in [0.25, 0.3) is 5.69 Å². The summed E-state index contributed by atoms with van der Waals surface area (Å²) >= 11 is 0. The summed E-state index contributed by atoms with van der Waals surface area (Å²) in [6.45, 7) is 3.56. The maximum absolute atomic E-state index is 12.9. The number of nitrogens with zero attached hydrogens (tertiary/aromatic N) is 2. The summed E-state index contributed by atoms with van der Waals surface area (Å²) in [6.07, 6.45) is -2.86. The first kappa shape index (κ1) is 18.7. The number of carbonyl (C=O) groups is 1. The molecule has 1 aromatic heterocycles. The van der Waals surface area contributed by atoms with E-state index in [-0.39, 0.29) is 11.9 Å². The fraction of sp³-hybridized carbons (Fsp3) is 0.200. The quantitative estimate of drug-likeness (QED) is 0.721. The lowest BCUT2D eigenvalue weighted by Gasteiger charge is -2.15. The molecule has 0 fully saturated rings. The van der Waals surface area contributed by atoms with Gasteiger partial charge in [-0.3, -0.25) is 4.79 Å². The lowest BCUT2D eigenvalue weighted by atomic mass is 10.1. The number of hydrogen-bond acceptors (Lipinski definition) is 2. The van der Waals surface area contributed by atoms with Gasteiger partial charge in [0.05, 0.1) is 23.5 Å². The van der Waals surface area contributed by atoms with E-state index in [1.54, 1.807) is 50.4 Å². The van der Waals surface area contributed by atoms with E-state index in [1.165, 1.54) is 10.7 Å². The van der Waals surface area contributed by atoms with Crippen molar-refractivity contribution in [2.24, 2.45) is 0 Å². The second kappa shape index (κ2) is 7.26. The number of carbonyl (C=O) groups excluding carboxylic acids is 1. The summed E-state index contributed by atoms with van der Waals surface area (Å²) in [5, 5.41) is 7.09. The van der Waals surface area contributed by atoms with Crippen LogP contribution < -0.4 is 5.32 Å². The number of halogens is 3. The Morgan fingerprint density at radius 1 is 1.11 bits per heavy atom. The second-order valence-electron chi connectivity index (χ2n) is 6.21. The molecule has 0 aliphatic rings. The molecular weight excluding hydrogens is 355 g/mol. The van der Waals surface area contributed by atoms with Crippen molar-refractivity contribution >= 4 is 5.91 Å². The average Bonchev–Trinajstić information content (AvgIpc) is 3.03. The molecule has 3 aromatic rings. The first-order chi connectivity index (χ1) is 12.8. The summed E-state index contributed by atoms with van der Waals surface area (Å²) in [5.41, 5.74) is 1.51. The number of alkyl halides is 3. The molecule has 0 spiro atoms. The van der Waals surface area contributed by atoms with Gasteiger partial charge in [-0.25, -0.2) is 4.68 Å². The summed E-state index contributed by atoms with van der Waals surface area (Å²) in [4.78, 5) is 12.3. The molecule has 0 saturated heterocycles. The van der Waals surface area contributed by atoms with Crippen LogP contribution in [0.15, 0.2) is 60.8 Å². The SMILES string of the molecule is Cc1c([C@H](C)NC(=O)c2ccccc2)cnn1-c1cccc(C(F)(F)F)c1. The Balaban J connectivity index is 1.84. The molecule has 0 unspecified atom stereocenters. The fourth-order valence-electron chi connectivity index (χ4n) is 2.87. The van der Waals surface area contributed by atoms with Gasteiger partial charge in [0.15, 0.2) is 0 Å². The van der Waals surface area contributed by atoms with Gasteiger partial charge in [-0.2, -0.15) is 18.3 Å². The van der Waals surface area contributed by atoms with Gasteiger partial charge in [-0.05, 0) is 44.2 Å². The maximum atomic E-state index is 12.9. The fourth-order valence-corrected chi connectivity index (χ4v) is 2.87. The zero-order chi connectivity index (χ0) is 19.6. The van der Waals surface area contributed by atoms with E-state index in [2.05, 4.69) is 10.4 Å². The summed E-state index contributed by atoms with van der Waals surface area (Å²) in [5.74, 6) is -0.227. The summed E-state index contributed by atoms with van der Waals surface area (Å²) < 4.78 is 40.3. The standard InChI is InChI=1S/C20H18F3N3O/c1-13(25-19(27)15-7-4-3-5-8-15)18-12-24-26(14(18)2)17-10-6-9-16(11-17)20(21,22)23/h3-13H,1-2H3,(H,25,27)/t13-/m0/s1. The molecule has 1 amide bonds. The molecule has 2 aromatic carbocycles. The van der Waals surface area contributed by atoms with E-state index in [0.717, 1.165) is 17.7 Å². The van der Waals surface area contributed by atoms with Crippen molar-refractivity contribution in [3.05, 3.63) is 83.2 Å². The Morgan fingerprint density at radius 3 is 2.48 bits per heavy atom. The van der Waals surface area contributed by atoms with Crippen LogP contribution in [0.3, 0.4) is 0 Å². The highest BCUT2D eigenvalue weighted by Gasteiger charge is 2.30. The van der Waals surface area contributed by atoms with Crippen LogP contribution in [0.2, 0.25) is 0 Å². The Bertz CT molecular complexity index is 949. The van der Waals surface area contributed by atoms with Gasteiger partial charge in [0, 0.05) is 16.8 Å². The lowest BCUT2D eigenvalue weighted by molar-refractivity contribution is -0.137. The van der Waals surface area contributed by atoms with Crippen LogP contribution >= 0.6 is 0 Å². The largest absolute Gasteiger partial charge is 0.416 e. The Kier molecular flexibility index (Phi) is 5.03. The third kappa shape index (κ3) is 4.02. The van der Waals surface area contributed by atoms with Crippen LogP contribution in [-0.2, 0) is 6.18 Å². The van der Waals surface area contributed by atoms with Crippen LogP contribution in [0.5, 0.6) is 0 Å². The molecule has 3 rings (SSSR count). The first-order valence-electron chi connectivity index (χ1n) is 8.35. The highest BCUT2D eigenvalue weighted by atomic mass is 19.4. The van der Waals surface area contributed by atoms with Gasteiger partial charge in [0.25, 0.3) is 5.91 Å². The molecule has 4 nitrogen and oxygen atoms in total. The number of hydrogen-bond donors (Lipinski definition) is 1. The molecular formula is C20H18F3N3O. The minimum Gasteiger partial charge on any atom is -0.345 e. The normalized spacial score (nSPS) is 12.6. The Hall–Kier alpha value is -3.09. The van der Waals surface area contributed by atoms with Crippen molar-refractivity contribution in [3.8, 4) is 5.69 Å². The number of benzene rings is 2.